The Kier molecular flexibility index (Phi) is 3.55. The number of hydrogen-bond donors (Lipinski definition) is 1. The maximum atomic E-state index is 13.0. The van der Waals surface area contributed by atoms with Gasteiger partial charge in [0, 0.05) is 41.3 Å². The molecule has 0 aliphatic carbocycles. The number of nitrogens with one attached hydrogen (secondary N) is 1. The Morgan fingerprint density at radius 2 is 1.75 bits per heavy atom. The summed E-state index contributed by atoms with van der Waals surface area (Å²) in [6.45, 7) is 0. The Hall–Kier alpha value is -3.41. The lowest BCUT2D eigenvalue weighted by atomic mass is 10.0. The van der Waals surface area contributed by atoms with E-state index < -0.39 is 0 Å². The van der Waals surface area contributed by atoms with Crippen LogP contribution in [0.1, 0.15) is 0 Å². The molecule has 0 aliphatic heterocycles. The van der Waals surface area contributed by atoms with E-state index in [2.05, 4.69) is 25.3 Å². The molecule has 0 aromatic carbocycles. The summed E-state index contributed by atoms with van der Waals surface area (Å²) in [4.78, 5) is 17.1. The fourth-order valence-corrected chi connectivity index (χ4v) is 2.49. The van der Waals surface area contributed by atoms with Crippen molar-refractivity contribution in [2.45, 2.75) is 0 Å². The van der Waals surface area contributed by atoms with Crippen LogP contribution >= 0.6 is 0 Å². The molecule has 0 unspecified atom stereocenters. The van der Waals surface area contributed by atoms with Crippen molar-refractivity contribution in [3.05, 3.63) is 73.2 Å². The average Bonchev–Trinajstić information content (AvgIpc) is 2.64. The second-order valence-corrected chi connectivity index (χ2v) is 5.15. The third-order valence-electron chi connectivity index (χ3n) is 3.59. The first-order valence-corrected chi connectivity index (χ1v) is 7.34. The highest BCUT2D eigenvalue weighted by Crippen LogP contribution is 2.30. The molecule has 6 heteroatoms. The first kappa shape index (κ1) is 14.2. The molecule has 0 amide bonds. The van der Waals surface area contributed by atoms with Crippen molar-refractivity contribution in [3.8, 4) is 11.1 Å². The lowest BCUT2D eigenvalue weighted by Gasteiger charge is -2.11. The van der Waals surface area contributed by atoms with Crippen molar-refractivity contribution >= 4 is 22.5 Å². The Morgan fingerprint density at radius 1 is 0.833 bits per heavy atom. The van der Waals surface area contributed by atoms with Crippen LogP contribution in [0.25, 0.3) is 22.0 Å². The van der Waals surface area contributed by atoms with Gasteiger partial charge in [-0.2, -0.15) is 0 Å². The van der Waals surface area contributed by atoms with Gasteiger partial charge in [-0.3, -0.25) is 9.97 Å². The first-order chi connectivity index (χ1) is 11.8. The van der Waals surface area contributed by atoms with E-state index in [1.165, 1.54) is 6.07 Å². The lowest BCUT2D eigenvalue weighted by Crippen LogP contribution is -1.99. The maximum Gasteiger partial charge on any atom is 0.158 e. The molecule has 4 rings (SSSR count). The van der Waals surface area contributed by atoms with Crippen LogP contribution in [-0.2, 0) is 0 Å². The largest absolute Gasteiger partial charge is 0.323 e. The first-order valence-electron chi connectivity index (χ1n) is 7.34. The van der Waals surface area contributed by atoms with Crippen molar-refractivity contribution in [3.63, 3.8) is 0 Å². The second-order valence-electron chi connectivity index (χ2n) is 5.15. The van der Waals surface area contributed by atoms with Crippen LogP contribution < -0.4 is 5.32 Å². The highest BCUT2D eigenvalue weighted by atomic mass is 19.1. The zero-order valence-corrected chi connectivity index (χ0v) is 12.5. The predicted molar refractivity (Wildman–Crippen MR) is 90.2 cm³/mol. The molecule has 0 radical (unpaired) electrons. The zero-order chi connectivity index (χ0) is 16.4. The van der Waals surface area contributed by atoms with Crippen LogP contribution in [0.3, 0.4) is 0 Å². The van der Waals surface area contributed by atoms with Crippen LogP contribution in [0.5, 0.6) is 0 Å². The standard InChI is InChI=1S/C18H12FN5/c19-13-5-6-16(22-10-13)24-18-17-14(4-2-8-21-17)15(11-23-18)12-3-1-7-20-9-12/h1-11H,(H,22,23,24). The average molecular weight is 317 g/mol. The SMILES string of the molecule is Fc1ccc(Nc2ncc(-c3cccnc3)c3cccnc23)nc1. The summed E-state index contributed by atoms with van der Waals surface area (Å²) in [6.07, 6.45) is 8.15. The molecule has 0 aliphatic rings. The molecular weight excluding hydrogens is 305 g/mol. The summed E-state index contributed by atoms with van der Waals surface area (Å²) >= 11 is 0. The van der Waals surface area contributed by atoms with Crippen LogP contribution in [0.2, 0.25) is 0 Å². The summed E-state index contributed by atoms with van der Waals surface area (Å²) in [7, 11) is 0. The summed E-state index contributed by atoms with van der Waals surface area (Å²) < 4.78 is 13.0. The van der Waals surface area contributed by atoms with Crippen molar-refractivity contribution in [1.82, 2.24) is 19.9 Å². The fourth-order valence-electron chi connectivity index (χ4n) is 2.49. The van der Waals surface area contributed by atoms with Crippen LogP contribution in [0, 0.1) is 5.82 Å². The van der Waals surface area contributed by atoms with Gasteiger partial charge in [0.15, 0.2) is 5.82 Å². The summed E-state index contributed by atoms with van der Waals surface area (Å²) in [5, 5.41) is 4.03. The van der Waals surface area contributed by atoms with Crippen LogP contribution in [0.4, 0.5) is 16.0 Å². The van der Waals surface area contributed by atoms with Crippen LogP contribution in [0.15, 0.2) is 67.4 Å². The van der Waals surface area contributed by atoms with Gasteiger partial charge >= 0.3 is 0 Å². The summed E-state index contributed by atoms with van der Waals surface area (Å²) in [5.74, 6) is 0.686. The van der Waals surface area contributed by atoms with Gasteiger partial charge < -0.3 is 5.32 Å². The van der Waals surface area contributed by atoms with Gasteiger partial charge in [0.1, 0.15) is 17.2 Å². The molecule has 5 nitrogen and oxygen atoms in total. The molecule has 0 fully saturated rings. The van der Waals surface area contributed by atoms with Crippen molar-refractivity contribution in [2.24, 2.45) is 0 Å². The quantitative estimate of drug-likeness (QED) is 0.619. The number of halogens is 1. The van der Waals surface area contributed by atoms with Gasteiger partial charge in [0.05, 0.1) is 6.20 Å². The van der Waals surface area contributed by atoms with Crippen molar-refractivity contribution in [2.75, 3.05) is 5.32 Å². The van der Waals surface area contributed by atoms with E-state index in [9.17, 15) is 4.39 Å². The highest BCUT2D eigenvalue weighted by Gasteiger charge is 2.11. The summed E-state index contributed by atoms with van der Waals surface area (Å²) in [5.41, 5.74) is 2.63. The molecule has 0 atom stereocenters. The fraction of sp³-hybridized carbons (Fsp3) is 0. The molecule has 4 aromatic rings. The third-order valence-corrected chi connectivity index (χ3v) is 3.59. The number of aromatic nitrogens is 4. The zero-order valence-electron chi connectivity index (χ0n) is 12.5. The van der Waals surface area contributed by atoms with E-state index in [-0.39, 0.29) is 5.82 Å². The molecule has 0 spiro atoms. The van der Waals surface area contributed by atoms with Crippen molar-refractivity contribution in [1.29, 1.82) is 0 Å². The molecular formula is C18H12FN5. The van der Waals surface area contributed by atoms with Gasteiger partial charge in [0.25, 0.3) is 0 Å². The van der Waals surface area contributed by atoms with Crippen molar-refractivity contribution < 1.29 is 4.39 Å². The Labute approximate surface area is 137 Å². The molecule has 24 heavy (non-hydrogen) atoms. The smallest absolute Gasteiger partial charge is 0.158 e. The molecule has 0 bridgehead atoms. The topological polar surface area (TPSA) is 63.6 Å². The molecule has 1 N–H and O–H groups in total. The van der Waals surface area contributed by atoms with Gasteiger partial charge in [-0.15, -0.1) is 0 Å². The second kappa shape index (κ2) is 6.00. The van der Waals surface area contributed by atoms with E-state index in [1.807, 2.05) is 24.3 Å². The van der Waals surface area contributed by atoms with Gasteiger partial charge in [0.2, 0.25) is 0 Å². The normalized spacial score (nSPS) is 10.7. The molecule has 4 aromatic heterocycles. The number of rotatable bonds is 3. The number of hydrogen-bond acceptors (Lipinski definition) is 5. The highest BCUT2D eigenvalue weighted by molar-refractivity contribution is 5.99. The number of anilines is 2. The predicted octanol–water partition coefficient (Wildman–Crippen LogP) is 3.97. The summed E-state index contributed by atoms with van der Waals surface area (Å²) in [6, 6.07) is 10.6. The molecule has 0 saturated carbocycles. The minimum absolute atomic E-state index is 0.386. The number of nitrogens with zero attached hydrogens (tertiary/aromatic N) is 4. The van der Waals surface area contributed by atoms with E-state index in [4.69, 9.17) is 0 Å². The number of fused-ring (bicyclic) bond motifs is 1. The Bertz CT molecular complexity index is 987. The van der Waals surface area contributed by atoms with Gasteiger partial charge in [-0.05, 0) is 24.3 Å². The van der Waals surface area contributed by atoms with Gasteiger partial charge in [-0.1, -0.05) is 12.1 Å². The third kappa shape index (κ3) is 2.65. The van der Waals surface area contributed by atoms with E-state index in [0.717, 1.165) is 22.7 Å². The minimum atomic E-state index is -0.386. The molecule has 0 saturated heterocycles. The molecule has 4 heterocycles. The van der Waals surface area contributed by atoms with Gasteiger partial charge in [-0.25, -0.2) is 14.4 Å². The Balaban J connectivity index is 1.82. The minimum Gasteiger partial charge on any atom is -0.323 e. The monoisotopic (exact) mass is 317 g/mol. The van der Waals surface area contributed by atoms with E-state index >= 15 is 0 Å². The maximum absolute atomic E-state index is 13.0. The van der Waals surface area contributed by atoms with E-state index in [0.29, 0.717) is 17.2 Å². The Morgan fingerprint density at radius 3 is 2.54 bits per heavy atom. The van der Waals surface area contributed by atoms with E-state index in [1.54, 1.807) is 30.9 Å². The van der Waals surface area contributed by atoms with Crippen LogP contribution in [-0.4, -0.2) is 19.9 Å². The molecule has 116 valence electrons. The lowest BCUT2D eigenvalue weighted by molar-refractivity contribution is 0.622. The number of pyridine rings is 4.